The number of aromatic amines is 1. The van der Waals surface area contributed by atoms with E-state index in [9.17, 15) is 9.90 Å². The molecule has 0 aliphatic heterocycles. The van der Waals surface area contributed by atoms with Crippen LogP contribution in [0.1, 0.15) is 48.0 Å². The number of nitrogens with one attached hydrogen (secondary N) is 1. The number of hydrogen-bond donors (Lipinski definition) is 2. The molecule has 1 atom stereocenters. The molecule has 0 saturated heterocycles. The van der Waals surface area contributed by atoms with Crippen molar-refractivity contribution in [2.24, 2.45) is 0 Å². The summed E-state index contributed by atoms with van der Waals surface area (Å²) in [5.41, 5.74) is 2.28. The third kappa shape index (κ3) is 5.60. The molecule has 1 aliphatic carbocycles. The lowest BCUT2D eigenvalue weighted by Crippen LogP contribution is -2.36. The van der Waals surface area contributed by atoms with Crippen LogP contribution in [0.5, 0.6) is 0 Å². The lowest BCUT2D eigenvalue weighted by molar-refractivity contribution is 0.00820. The molecule has 166 valence electrons. The number of aromatic nitrogens is 2. The van der Waals surface area contributed by atoms with Crippen molar-refractivity contribution in [1.82, 2.24) is 14.9 Å². The number of benzene rings is 1. The number of rotatable bonds is 10. The summed E-state index contributed by atoms with van der Waals surface area (Å²) in [4.78, 5) is 24.9. The average molecular weight is 442 g/mol. The summed E-state index contributed by atoms with van der Waals surface area (Å²) in [7, 11) is 0. The Morgan fingerprint density at radius 2 is 2.06 bits per heavy atom. The molecule has 6 nitrogen and oxygen atoms in total. The maximum Gasteiger partial charge on any atom is 0.259 e. The van der Waals surface area contributed by atoms with Crippen molar-refractivity contribution >= 4 is 21.6 Å². The highest BCUT2D eigenvalue weighted by atomic mass is 32.1. The van der Waals surface area contributed by atoms with Crippen LogP contribution >= 0.6 is 11.3 Å². The first-order valence-electron chi connectivity index (χ1n) is 11.2. The largest absolute Gasteiger partial charge is 0.389 e. The van der Waals surface area contributed by atoms with Gasteiger partial charge in [-0.3, -0.25) is 9.69 Å². The second-order valence-corrected chi connectivity index (χ2v) is 9.38. The third-order valence-electron chi connectivity index (χ3n) is 5.68. The molecule has 3 aromatic rings. The molecule has 7 heteroatoms. The van der Waals surface area contributed by atoms with Crippen LogP contribution in [0.2, 0.25) is 0 Å². The molecule has 2 N–H and O–H groups in total. The molecule has 0 saturated carbocycles. The van der Waals surface area contributed by atoms with E-state index >= 15 is 0 Å². The molecule has 31 heavy (non-hydrogen) atoms. The van der Waals surface area contributed by atoms with Gasteiger partial charge in [-0.1, -0.05) is 37.3 Å². The molecule has 2 aromatic heterocycles. The molecule has 0 radical (unpaired) electrons. The van der Waals surface area contributed by atoms with Crippen molar-refractivity contribution in [1.29, 1.82) is 0 Å². The van der Waals surface area contributed by atoms with Gasteiger partial charge in [-0.2, -0.15) is 0 Å². The smallest absolute Gasteiger partial charge is 0.259 e. The third-order valence-corrected chi connectivity index (χ3v) is 6.86. The Bertz CT molecular complexity index is 1050. The number of fused-ring (bicyclic) bond motifs is 3. The van der Waals surface area contributed by atoms with E-state index in [2.05, 4.69) is 16.8 Å². The zero-order valence-corrected chi connectivity index (χ0v) is 18.9. The van der Waals surface area contributed by atoms with E-state index in [1.54, 1.807) is 11.3 Å². The minimum atomic E-state index is -0.597. The first-order chi connectivity index (χ1) is 15.1. The van der Waals surface area contributed by atoms with Crippen LogP contribution in [-0.4, -0.2) is 45.8 Å². The lowest BCUT2D eigenvalue weighted by Gasteiger charge is -2.24. The summed E-state index contributed by atoms with van der Waals surface area (Å²) in [6, 6.07) is 9.95. The number of H-pyrrole nitrogens is 1. The molecule has 1 aliphatic rings. The number of aryl methyl sites for hydroxylation is 2. The van der Waals surface area contributed by atoms with E-state index in [1.165, 1.54) is 16.9 Å². The number of aliphatic hydroxyl groups is 1. The highest BCUT2D eigenvalue weighted by Gasteiger charge is 2.20. The fourth-order valence-electron chi connectivity index (χ4n) is 4.28. The number of ether oxygens (including phenoxy) is 1. The van der Waals surface area contributed by atoms with Gasteiger partial charge in [0.2, 0.25) is 0 Å². The van der Waals surface area contributed by atoms with Crippen molar-refractivity contribution in [2.75, 3.05) is 19.7 Å². The average Bonchev–Trinajstić information content (AvgIpc) is 3.13. The Balaban J connectivity index is 1.39. The van der Waals surface area contributed by atoms with Gasteiger partial charge < -0.3 is 14.8 Å². The van der Waals surface area contributed by atoms with Gasteiger partial charge in [0.1, 0.15) is 10.7 Å². The molecule has 2 heterocycles. The minimum absolute atomic E-state index is 0.0254. The van der Waals surface area contributed by atoms with Crippen LogP contribution in [0, 0.1) is 0 Å². The van der Waals surface area contributed by atoms with Gasteiger partial charge in [-0.05, 0) is 49.8 Å². The zero-order valence-electron chi connectivity index (χ0n) is 18.1. The van der Waals surface area contributed by atoms with Crippen molar-refractivity contribution in [3.8, 4) is 0 Å². The predicted octanol–water partition coefficient (Wildman–Crippen LogP) is 3.65. The number of aliphatic hydroxyl groups excluding tert-OH is 1. The SMILES string of the molecule is CCCN(Cc1nc2sc3c(c2c(=O)[nH]1)CCCC3)C[C@H](O)COCc1ccccc1. The van der Waals surface area contributed by atoms with Crippen LogP contribution in [0.25, 0.3) is 10.2 Å². The number of thiophene rings is 1. The second-order valence-electron chi connectivity index (χ2n) is 8.29. The minimum Gasteiger partial charge on any atom is -0.389 e. The maximum atomic E-state index is 12.8. The fourth-order valence-corrected chi connectivity index (χ4v) is 5.56. The van der Waals surface area contributed by atoms with Crippen molar-refractivity contribution in [3.63, 3.8) is 0 Å². The summed E-state index contributed by atoms with van der Waals surface area (Å²) in [5.74, 6) is 0.668. The van der Waals surface area contributed by atoms with Gasteiger partial charge in [-0.15, -0.1) is 11.3 Å². The number of hydrogen-bond acceptors (Lipinski definition) is 6. The topological polar surface area (TPSA) is 78.5 Å². The van der Waals surface area contributed by atoms with Crippen molar-refractivity contribution in [3.05, 3.63) is 62.5 Å². The van der Waals surface area contributed by atoms with Crippen LogP contribution < -0.4 is 5.56 Å². The van der Waals surface area contributed by atoms with Crippen LogP contribution in [0.15, 0.2) is 35.1 Å². The highest BCUT2D eigenvalue weighted by molar-refractivity contribution is 7.18. The monoisotopic (exact) mass is 441 g/mol. The number of nitrogens with zero attached hydrogens (tertiary/aromatic N) is 2. The van der Waals surface area contributed by atoms with Crippen LogP contribution in [0.3, 0.4) is 0 Å². The molecular formula is C24H31N3O3S. The van der Waals surface area contributed by atoms with Gasteiger partial charge in [0.25, 0.3) is 5.56 Å². The van der Waals surface area contributed by atoms with E-state index in [0.29, 0.717) is 25.5 Å². The van der Waals surface area contributed by atoms with Gasteiger partial charge in [0.15, 0.2) is 0 Å². The van der Waals surface area contributed by atoms with E-state index < -0.39 is 6.10 Å². The standard InChI is InChI=1S/C24H31N3O3S/c1-2-12-27(13-18(28)16-30-15-17-8-4-3-5-9-17)14-21-25-23(29)22-19-10-6-7-11-20(19)31-24(22)26-21/h3-5,8-9,18,28H,2,6-7,10-16H2,1H3,(H,25,26,29)/t18-/m0/s1. The molecule has 0 bridgehead atoms. The zero-order chi connectivity index (χ0) is 21.6. The lowest BCUT2D eigenvalue weighted by atomic mass is 9.97. The van der Waals surface area contributed by atoms with Gasteiger partial charge in [0, 0.05) is 11.4 Å². The van der Waals surface area contributed by atoms with E-state index in [4.69, 9.17) is 9.72 Å². The molecule has 1 aromatic carbocycles. The Labute approximate surface area is 186 Å². The molecule has 0 spiro atoms. The Hall–Kier alpha value is -2.06. The summed E-state index contributed by atoms with van der Waals surface area (Å²) in [5, 5.41) is 11.3. The van der Waals surface area contributed by atoms with E-state index in [1.807, 2.05) is 30.3 Å². The van der Waals surface area contributed by atoms with Crippen LogP contribution in [0.4, 0.5) is 0 Å². The quantitative estimate of drug-likeness (QED) is 0.502. The fraction of sp³-hybridized carbons (Fsp3) is 0.500. The maximum absolute atomic E-state index is 12.8. The van der Waals surface area contributed by atoms with Gasteiger partial charge in [-0.25, -0.2) is 4.98 Å². The Kier molecular flexibility index (Phi) is 7.50. The van der Waals surface area contributed by atoms with Gasteiger partial charge >= 0.3 is 0 Å². The van der Waals surface area contributed by atoms with Crippen molar-refractivity contribution in [2.45, 2.75) is 58.3 Å². The van der Waals surface area contributed by atoms with Gasteiger partial charge in [0.05, 0.1) is 31.2 Å². The summed E-state index contributed by atoms with van der Waals surface area (Å²) in [6.45, 7) is 4.68. The van der Waals surface area contributed by atoms with E-state index in [-0.39, 0.29) is 12.2 Å². The second kappa shape index (κ2) is 10.5. The Morgan fingerprint density at radius 3 is 2.87 bits per heavy atom. The molecule has 0 unspecified atom stereocenters. The van der Waals surface area contributed by atoms with Crippen molar-refractivity contribution < 1.29 is 9.84 Å². The summed E-state index contributed by atoms with van der Waals surface area (Å²) in [6.07, 6.45) is 4.74. The first-order valence-corrected chi connectivity index (χ1v) is 12.0. The van der Waals surface area contributed by atoms with Crippen LogP contribution in [-0.2, 0) is 30.7 Å². The molecule has 0 fully saturated rings. The Morgan fingerprint density at radius 1 is 1.26 bits per heavy atom. The predicted molar refractivity (Wildman–Crippen MR) is 125 cm³/mol. The summed E-state index contributed by atoms with van der Waals surface area (Å²) < 4.78 is 5.69. The molecule has 4 rings (SSSR count). The summed E-state index contributed by atoms with van der Waals surface area (Å²) >= 11 is 1.67. The first kappa shape index (κ1) is 22.1. The van der Waals surface area contributed by atoms with E-state index in [0.717, 1.165) is 48.0 Å². The highest BCUT2D eigenvalue weighted by Crippen LogP contribution is 2.33. The molecular weight excluding hydrogens is 410 g/mol. The molecule has 0 amide bonds. The normalized spacial score (nSPS) is 14.8.